The molecule has 7 nitrogen and oxygen atoms in total. The maximum atomic E-state index is 13.2. The van der Waals surface area contributed by atoms with Crippen molar-refractivity contribution in [1.29, 1.82) is 0 Å². The molecule has 168 valence electrons. The van der Waals surface area contributed by atoms with Gasteiger partial charge in [-0.25, -0.2) is 4.98 Å². The molecule has 3 aromatic rings. The minimum absolute atomic E-state index is 0.0244. The van der Waals surface area contributed by atoms with Gasteiger partial charge in [-0.2, -0.15) is 0 Å². The predicted molar refractivity (Wildman–Crippen MR) is 124 cm³/mol. The summed E-state index contributed by atoms with van der Waals surface area (Å²) in [5, 5.41) is 11.8. The number of nitrogens with zero attached hydrogens (tertiary/aromatic N) is 4. The fourth-order valence-electron chi connectivity index (χ4n) is 4.08. The number of halogens is 1. The van der Waals surface area contributed by atoms with Gasteiger partial charge in [0.2, 0.25) is 11.8 Å². The standard InChI is InChI=1S/C22H23ClN4O3S2/c1-14-24-15(12-31-14)11-19-25-26-21(30-19)32-13-20(29)27(2)22(10-6-5-9-18(22)28)16-7-3-4-8-17(16)23/h3-4,7-8,12H,5-6,9-11,13H2,1-2H3/t22-/m1/s1. The minimum Gasteiger partial charge on any atom is -0.416 e. The van der Waals surface area contributed by atoms with E-state index in [2.05, 4.69) is 15.2 Å². The van der Waals surface area contributed by atoms with Crippen molar-refractivity contribution < 1.29 is 14.0 Å². The highest BCUT2D eigenvalue weighted by Crippen LogP contribution is 2.42. The molecule has 0 saturated heterocycles. The maximum absolute atomic E-state index is 13.2. The Morgan fingerprint density at radius 3 is 2.84 bits per heavy atom. The van der Waals surface area contributed by atoms with Crippen molar-refractivity contribution in [2.24, 2.45) is 0 Å². The van der Waals surface area contributed by atoms with Crippen LogP contribution in [0.15, 0.2) is 39.3 Å². The van der Waals surface area contributed by atoms with E-state index in [0.29, 0.717) is 41.0 Å². The molecule has 1 saturated carbocycles. The summed E-state index contributed by atoms with van der Waals surface area (Å²) in [7, 11) is 1.68. The Bertz CT molecular complexity index is 1130. The molecular formula is C22H23ClN4O3S2. The number of benzene rings is 1. The zero-order valence-electron chi connectivity index (χ0n) is 17.8. The molecule has 2 aromatic heterocycles. The van der Waals surface area contributed by atoms with Crippen molar-refractivity contribution >= 4 is 46.4 Å². The van der Waals surface area contributed by atoms with Gasteiger partial charge >= 0.3 is 0 Å². The molecule has 0 N–H and O–H groups in total. The number of ketones is 1. The highest BCUT2D eigenvalue weighted by molar-refractivity contribution is 7.99. The Kier molecular flexibility index (Phi) is 6.97. The number of thiazole rings is 1. The number of amides is 1. The second-order valence-electron chi connectivity index (χ2n) is 7.71. The van der Waals surface area contributed by atoms with Crippen molar-refractivity contribution in [3.63, 3.8) is 0 Å². The van der Waals surface area contributed by atoms with E-state index in [0.717, 1.165) is 35.3 Å². The summed E-state index contributed by atoms with van der Waals surface area (Å²) in [5.41, 5.74) is 0.517. The normalized spacial score (nSPS) is 18.7. The summed E-state index contributed by atoms with van der Waals surface area (Å²) >= 11 is 9.20. The summed E-state index contributed by atoms with van der Waals surface area (Å²) in [6.45, 7) is 1.94. The third kappa shape index (κ3) is 4.60. The quantitative estimate of drug-likeness (QED) is 0.444. The number of rotatable bonds is 7. The Hall–Kier alpha value is -2.23. The Balaban J connectivity index is 1.47. The van der Waals surface area contributed by atoms with E-state index in [-0.39, 0.29) is 17.4 Å². The molecule has 1 aromatic carbocycles. The third-order valence-corrected chi connectivity index (χ3v) is 7.64. The van der Waals surface area contributed by atoms with E-state index >= 15 is 0 Å². The van der Waals surface area contributed by atoms with E-state index in [9.17, 15) is 9.59 Å². The molecule has 1 atom stereocenters. The number of hydrogen-bond acceptors (Lipinski definition) is 8. The lowest BCUT2D eigenvalue weighted by Gasteiger charge is -2.44. The van der Waals surface area contributed by atoms with Crippen molar-refractivity contribution in [1.82, 2.24) is 20.1 Å². The first-order valence-electron chi connectivity index (χ1n) is 10.3. The Morgan fingerprint density at radius 2 is 2.12 bits per heavy atom. The molecule has 0 spiro atoms. The monoisotopic (exact) mass is 490 g/mol. The van der Waals surface area contributed by atoms with Crippen LogP contribution in [-0.2, 0) is 21.5 Å². The van der Waals surface area contributed by atoms with Gasteiger partial charge in [-0.15, -0.1) is 21.5 Å². The first-order valence-corrected chi connectivity index (χ1v) is 12.6. The summed E-state index contributed by atoms with van der Waals surface area (Å²) in [6.07, 6.45) is 3.12. The van der Waals surface area contributed by atoms with Crippen LogP contribution in [0.3, 0.4) is 0 Å². The molecule has 0 aliphatic heterocycles. The maximum Gasteiger partial charge on any atom is 0.277 e. The van der Waals surface area contributed by atoms with Gasteiger partial charge in [-0.1, -0.05) is 41.6 Å². The van der Waals surface area contributed by atoms with Crippen molar-refractivity contribution in [2.75, 3.05) is 12.8 Å². The van der Waals surface area contributed by atoms with Crippen LogP contribution in [0.4, 0.5) is 0 Å². The molecule has 32 heavy (non-hydrogen) atoms. The number of hydrogen-bond donors (Lipinski definition) is 0. The summed E-state index contributed by atoms with van der Waals surface area (Å²) in [6, 6.07) is 7.27. The first-order chi connectivity index (χ1) is 15.4. The van der Waals surface area contributed by atoms with Gasteiger partial charge in [0.25, 0.3) is 5.22 Å². The highest BCUT2D eigenvalue weighted by Gasteiger charge is 2.47. The second kappa shape index (κ2) is 9.72. The zero-order chi connectivity index (χ0) is 22.7. The van der Waals surface area contributed by atoms with E-state index < -0.39 is 5.54 Å². The van der Waals surface area contributed by atoms with Gasteiger partial charge in [0, 0.05) is 29.4 Å². The molecule has 1 amide bonds. The highest BCUT2D eigenvalue weighted by atomic mass is 35.5. The molecular weight excluding hydrogens is 468 g/mol. The van der Waals surface area contributed by atoms with Crippen LogP contribution in [0, 0.1) is 6.92 Å². The van der Waals surface area contributed by atoms with Gasteiger partial charge in [-0.05, 0) is 32.3 Å². The van der Waals surface area contributed by atoms with Gasteiger partial charge in [0.15, 0.2) is 5.78 Å². The molecule has 0 unspecified atom stereocenters. The molecule has 10 heteroatoms. The van der Waals surface area contributed by atoms with Crippen LogP contribution < -0.4 is 0 Å². The molecule has 0 bridgehead atoms. The molecule has 0 radical (unpaired) electrons. The summed E-state index contributed by atoms with van der Waals surface area (Å²) < 4.78 is 5.67. The number of likely N-dealkylation sites (N-methyl/N-ethyl adjacent to an activating group) is 1. The van der Waals surface area contributed by atoms with Crippen LogP contribution in [0.5, 0.6) is 0 Å². The number of Topliss-reactive ketones (excluding diaryl/α,β-unsaturated/α-hetero) is 1. The third-order valence-electron chi connectivity index (χ3n) is 5.69. The van der Waals surface area contributed by atoms with Crippen LogP contribution in [0.25, 0.3) is 0 Å². The van der Waals surface area contributed by atoms with Crippen LogP contribution in [-0.4, -0.2) is 44.6 Å². The second-order valence-corrected chi connectivity index (χ2v) is 10.1. The number of carbonyl (C=O) groups is 2. The van der Waals surface area contributed by atoms with Gasteiger partial charge < -0.3 is 9.32 Å². The SMILES string of the molecule is Cc1nc(Cc2nnc(SCC(=O)N(C)[C@@]3(c4ccccc4Cl)CCCCC3=O)o2)cs1. The van der Waals surface area contributed by atoms with E-state index in [4.69, 9.17) is 16.0 Å². The average Bonchev–Trinajstić information content (AvgIpc) is 3.41. The van der Waals surface area contributed by atoms with Crippen LogP contribution in [0.1, 0.15) is 47.8 Å². The average molecular weight is 491 g/mol. The lowest BCUT2D eigenvalue weighted by Crippen LogP contribution is -2.54. The first kappa shape index (κ1) is 22.9. The lowest BCUT2D eigenvalue weighted by atomic mass is 9.74. The van der Waals surface area contributed by atoms with Crippen molar-refractivity contribution in [2.45, 2.75) is 49.8 Å². The number of aromatic nitrogens is 3. The molecule has 2 heterocycles. The summed E-state index contributed by atoms with van der Waals surface area (Å²) in [4.78, 5) is 32.3. The fourth-order valence-corrected chi connectivity index (χ4v) is 5.67. The Labute approximate surface area is 199 Å². The van der Waals surface area contributed by atoms with Gasteiger partial charge in [0.1, 0.15) is 5.54 Å². The minimum atomic E-state index is -1.04. The van der Waals surface area contributed by atoms with Crippen molar-refractivity contribution in [3.05, 3.63) is 56.8 Å². The zero-order valence-corrected chi connectivity index (χ0v) is 20.2. The summed E-state index contributed by atoms with van der Waals surface area (Å²) in [5.74, 6) is 0.359. The number of carbonyl (C=O) groups excluding carboxylic acids is 2. The molecule has 4 rings (SSSR count). The topological polar surface area (TPSA) is 89.2 Å². The smallest absolute Gasteiger partial charge is 0.277 e. The number of aryl methyl sites for hydroxylation is 1. The van der Waals surface area contributed by atoms with E-state index in [1.807, 2.05) is 30.5 Å². The fraction of sp³-hybridized carbons (Fsp3) is 0.409. The number of thioether (sulfide) groups is 1. The van der Waals surface area contributed by atoms with Crippen LogP contribution >= 0.6 is 34.7 Å². The van der Waals surface area contributed by atoms with Crippen molar-refractivity contribution in [3.8, 4) is 0 Å². The molecule has 1 aliphatic rings. The predicted octanol–water partition coefficient (Wildman–Crippen LogP) is 4.67. The van der Waals surface area contributed by atoms with E-state index in [1.54, 1.807) is 29.4 Å². The molecule has 1 fully saturated rings. The molecule has 1 aliphatic carbocycles. The lowest BCUT2D eigenvalue weighted by molar-refractivity contribution is -0.146. The van der Waals surface area contributed by atoms with Gasteiger partial charge in [-0.3, -0.25) is 9.59 Å². The van der Waals surface area contributed by atoms with Crippen LogP contribution in [0.2, 0.25) is 5.02 Å². The Morgan fingerprint density at radius 1 is 1.31 bits per heavy atom. The largest absolute Gasteiger partial charge is 0.416 e. The van der Waals surface area contributed by atoms with E-state index in [1.165, 1.54) is 0 Å². The van der Waals surface area contributed by atoms with Gasteiger partial charge in [0.05, 0.1) is 22.9 Å².